The third-order valence-electron chi connectivity index (χ3n) is 3.53. The first-order valence-corrected chi connectivity index (χ1v) is 7.18. The Balaban J connectivity index is 2.27. The number of alkyl halides is 1. The van der Waals surface area contributed by atoms with E-state index >= 15 is 0 Å². The van der Waals surface area contributed by atoms with Crippen LogP contribution < -0.4 is 4.74 Å². The molecule has 0 amide bonds. The van der Waals surface area contributed by atoms with Crippen LogP contribution in [-0.4, -0.2) is 19.8 Å². The Labute approximate surface area is 116 Å². The molecule has 1 fully saturated rings. The lowest BCUT2D eigenvalue weighted by Crippen LogP contribution is -2.19. The topological polar surface area (TPSA) is 18.5 Å². The van der Waals surface area contributed by atoms with E-state index < -0.39 is 0 Å². The van der Waals surface area contributed by atoms with Gasteiger partial charge in [0, 0.05) is 22.9 Å². The van der Waals surface area contributed by atoms with E-state index in [0.717, 1.165) is 30.8 Å². The van der Waals surface area contributed by atoms with Gasteiger partial charge in [0.25, 0.3) is 0 Å². The lowest BCUT2D eigenvalue weighted by atomic mass is 9.91. The third-order valence-corrected chi connectivity index (χ3v) is 4.70. The molecule has 0 spiro atoms. The number of ether oxygens (including phenoxy) is 2. The summed E-state index contributed by atoms with van der Waals surface area (Å²) in [5.74, 6) is 0.855. The van der Waals surface area contributed by atoms with Gasteiger partial charge in [-0.05, 0) is 31.0 Å². The van der Waals surface area contributed by atoms with Crippen LogP contribution in [0.25, 0.3) is 0 Å². The number of hydrogen-bond donors (Lipinski definition) is 0. The van der Waals surface area contributed by atoms with Crippen LogP contribution in [0.4, 0.5) is 4.39 Å². The summed E-state index contributed by atoms with van der Waals surface area (Å²) in [6.07, 6.45) is 2.21. The Morgan fingerprint density at radius 3 is 3.00 bits per heavy atom. The molecule has 1 aromatic rings. The molecule has 2 rings (SSSR count). The van der Waals surface area contributed by atoms with E-state index in [0.29, 0.717) is 5.92 Å². The van der Waals surface area contributed by atoms with Crippen molar-refractivity contribution in [2.45, 2.75) is 30.7 Å². The van der Waals surface area contributed by atoms with Crippen molar-refractivity contribution in [3.05, 3.63) is 29.6 Å². The smallest absolute Gasteiger partial charge is 0.123 e. The monoisotopic (exact) mass is 316 g/mol. The minimum atomic E-state index is -0.234. The van der Waals surface area contributed by atoms with Gasteiger partial charge in [-0.2, -0.15) is 0 Å². The zero-order valence-corrected chi connectivity index (χ0v) is 12.2. The molecule has 1 heterocycles. The zero-order chi connectivity index (χ0) is 13.1. The van der Waals surface area contributed by atoms with Gasteiger partial charge < -0.3 is 9.47 Å². The maximum Gasteiger partial charge on any atom is 0.123 e. The number of rotatable bonds is 4. The number of benzene rings is 1. The van der Waals surface area contributed by atoms with E-state index in [2.05, 4.69) is 22.9 Å². The Hall–Kier alpha value is -0.610. The van der Waals surface area contributed by atoms with Gasteiger partial charge in [-0.1, -0.05) is 22.9 Å². The highest BCUT2D eigenvalue weighted by atomic mass is 79.9. The average Bonchev–Trinajstić information content (AvgIpc) is 2.86. The maximum atomic E-state index is 13.4. The van der Waals surface area contributed by atoms with Gasteiger partial charge in [-0.3, -0.25) is 0 Å². The Bertz CT molecular complexity index is 411. The summed E-state index contributed by atoms with van der Waals surface area (Å²) in [7, 11) is 1.61. The van der Waals surface area contributed by atoms with Crippen LogP contribution >= 0.6 is 15.9 Å². The fourth-order valence-corrected chi connectivity index (χ4v) is 3.53. The number of halogens is 2. The summed E-state index contributed by atoms with van der Waals surface area (Å²) in [5, 5.41) is 0. The van der Waals surface area contributed by atoms with Crippen molar-refractivity contribution in [3.63, 3.8) is 0 Å². The molecule has 0 aliphatic carbocycles. The molecule has 100 valence electrons. The van der Waals surface area contributed by atoms with Crippen LogP contribution in [0.1, 0.15) is 30.2 Å². The van der Waals surface area contributed by atoms with E-state index in [1.54, 1.807) is 19.2 Å². The summed E-state index contributed by atoms with van der Waals surface area (Å²) in [6.45, 7) is 2.90. The summed E-state index contributed by atoms with van der Waals surface area (Å²) >= 11 is 3.69. The predicted octanol–water partition coefficient (Wildman–Crippen LogP) is 4.09. The standard InChI is InChI=1S/C14H18BrFO2/c1-3-12-10(6-7-18-12)14(15)11-8-9(16)4-5-13(11)17-2/h4-5,8,10,12,14H,3,6-7H2,1-2H3. The maximum absolute atomic E-state index is 13.4. The van der Waals surface area contributed by atoms with Gasteiger partial charge >= 0.3 is 0 Å². The quantitative estimate of drug-likeness (QED) is 0.779. The highest BCUT2D eigenvalue weighted by molar-refractivity contribution is 9.09. The summed E-state index contributed by atoms with van der Waals surface area (Å²) in [5.41, 5.74) is 0.867. The van der Waals surface area contributed by atoms with Crippen LogP contribution in [0.3, 0.4) is 0 Å². The fraction of sp³-hybridized carbons (Fsp3) is 0.571. The van der Waals surface area contributed by atoms with E-state index in [1.165, 1.54) is 6.07 Å². The molecule has 0 aromatic heterocycles. The van der Waals surface area contributed by atoms with Crippen molar-refractivity contribution in [1.82, 2.24) is 0 Å². The Kier molecular flexibility index (Phi) is 4.62. The van der Waals surface area contributed by atoms with E-state index in [9.17, 15) is 4.39 Å². The average molecular weight is 317 g/mol. The molecule has 1 aliphatic heterocycles. The molecule has 18 heavy (non-hydrogen) atoms. The van der Waals surface area contributed by atoms with Gasteiger partial charge in [-0.25, -0.2) is 4.39 Å². The van der Waals surface area contributed by atoms with Gasteiger partial charge in [0.05, 0.1) is 13.2 Å². The summed E-state index contributed by atoms with van der Waals surface area (Å²) < 4.78 is 24.4. The minimum absolute atomic E-state index is 0.0654. The first kappa shape index (κ1) is 13.8. The molecular weight excluding hydrogens is 299 g/mol. The van der Waals surface area contributed by atoms with Crippen LogP contribution in [-0.2, 0) is 4.74 Å². The van der Waals surface area contributed by atoms with Gasteiger partial charge in [-0.15, -0.1) is 0 Å². The lowest BCUT2D eigenvalue weighted by Gasteiger charge is -2.24. The largest absolute Gasteiger partial charge is 0.496 e. The van der Waals surface area contributed by atoms with Crippen LogP contribution in [0.5, 0.6) is 5.75 Å². The molecule has 0 saturated carbocycles. The first-order chi connectivity index (χ1) is 8.67. The van der Waals surface area contributed by atoms with Crippen molar-refractivity contribution in [3.8, 4) is 5.75 Å². The van der Waals surface area contributed by atoms with E-state index in [4.69, 9.17) is 9.47 Å². The molecule has 1 aromatic carbocycles. The summed E-state index contributed by atoms with van der Waals surface area (Å²) in [4.78, 5) is 0.0654. The molecule has 0 radical (unpaired) electrons. The van der Waals surface area contributed by atoms with Crippen LogP contribution in [0, 0.1) is 11.7 Å². The molecule has 1 aliphatic rings. The number of hydrogen-bond acceptors (Lipinski definition) is 2. The van der Waals surface area contributed by atoms with Crippen molar-refractivity contribution in [2.24, 2.45) is 5.92 Å². The summed E-state index contributed by atoms with van der Waals surface area (Å²) in [6, 6.07) is 4.64. The van der Waals surface area contributed by atoms with Crippen molar-refractivity contribution in [1.29, 1.82) is 0 Å². The highest BCUT2D eigenvalue weighted by Gasteiger charge is 2.34. The molecule has 4 heteroatoms. The second-order valence-corrected chi connectivity index (χ2v) is 5.54. The van der Waals surface area contributed by atoms with Crippen LogP contribution in [0.15, 0.2) is 18.2 Å². The van der Waals surface area contributed by atoms with Crippen molar-refractivity contribution < 1.29 is 13.9 Å². The van der Waals surface area contributed by atoms with E-state index in [-0.39, 0.29) is 16.7 Å². The molecule has 3 atom stereocenters. The normalized spacial score (nSPS) is 25.1. The second kappa shape index (κ2) is 6.02. The Morgan fingerprint density at radius 2 is 2.33 bits per heavy atom. The van der Waals surface area contributed by atoms with Gasteiger partial charge in [0.15, 0.2) is 0 Å². The SMILES string of the molecule is CCC1OCCC1C(Br)c1cc(F)ccc1OC. The minimum Gasteiger partial charge on any atom is -0.496 e. The molecular formula is C14H18BrFO2. The van der Waals surface area contributed by atoms with Crippen LogP contribution in [0.2, 0.25) is 0 Å². The Morgan fingerprint density at radius 1 is 1.56 bits per heavy atom. The highest BCUT2D eigenvalue weighted by Crippen LogP contribution is 2.43. The molecule has 1 saturated heterocycles. The van der Waals surface area contributed by atoms with Gasteiger partial charge in [0.1, 0.15) is 11.6 Å². The molecule has 2 nitrogen and oxygen atoms in total. The third kappa shape index (κ3) is 2.69. The lowest BCUT2D eigenvalue weighted by molar-refractivity contribution is 0.0871. The second-order valence-electron chi connectivity index (χ2n) is 4.56. The number of methoxy groups -OCH3 is 1. The van der Waals surface area contributed by atoms with Crippen molar-refractivity contribution in [2.75, 3.05) is 13.7 Å². The molecule has 0 bridgehead atoms. The molecule has 3 unspecified atom stereocenters. The zero-order valence-electron chi connectivity index (χ0n) is 10.7. The fourth-order valence-electron chi connectivity index (χ4n) is 2.57. The first-order valence-electron chi connectivity index (χ1n) is 6.26. The van der Waals surface area contributed by atoms with Gasteiger partial charge in [0.2, 0.25) is 0 Å². The van der Waals surface area contributed by atoms with Crippen molar-refractivity contribution >= 4 is 15.9 Å². The predicted molar refractivity (Wildman–Crippen MR) is 72.8 cm³/mol. The molecule has 0 N–H and O–H groups in total. The van der Waals surface area contributed by atoms with E-state index in [1.807, 2.05) is 0 Å².